The summed E-state index contributed by atoms with van der Waals surface area (Å²) in [5, 5.41) is 14.7. The van der Waals surface area contributed by atoms with Crippen molar-refractivity contribution in [1.82, 2.24) is 10.6 Å². The molecule has 8 heteroatoms. The third-order valence-corrected chi connectivity index (χ3v) is 3.24. The first-order valence-corrected chi connectivity index (χ1v) is 7.50. The molecule has 6 nitrogen and oxygen atoms in total. The smallest absolute Gasteiger partial charge is 0.314 e. The van der Waals surface area contributed by atoms with Crippen molar-refractivity contribution in [3.8, 4) is 0 Å². The summed E-state index contributed by atoms with van der Waals surface area (Å²) in [5.74, 6) is -0.878. The molecule has 0 heterocycles. The van der Waals surface area contributed by atoms with E-state index in [1.165, 1.54) is 0 Å². The van der Waals surface area contributed by atoms with Gasteiger partial charge in [-0.1, -0.05) is 29.3 Å². The summed E-state index contributed by atoms with van der Waals surface area (Å²) in [4.78, 5) is 21.6. The summed E-state index contributed by atoms with van der Waals surface area (Å²) >= 11 is 11.8. The Morgan fingerprint density at radius 1 is 1.18 bits per heavy atom. The van der Waals surface area contributed by atoms with E-state index >= 15 is 0 Å². The molecule has 0 fully saturated rings. The van der Waals surface area contributed by atoms with Gasteiger partial charge in [-0.3, -0.25) is 4.79 Å². The van der Waals surface area contributed by atoms with Crippen LogP contribution in [0.5, 0.6) is 0 Å². The van der Waals surface area contributed by atoms with Gasteiger partial charge in [-0.2, -0.15) is 0 Å². The third-order valence-electron chi connectivity index (χ3n) is 2.66. The molecule has 0 aliphatic carbocycles. The summed E-state index contributed by atoms with van der Waals surface area (Å²) in [6, 6.07) is 4.81. The molecule has 3 N–H and O–H groups in total. The van der Waals surface area contributed by atoms with Crippen LogP contribution < -0.4 is 10.6 Å². The number of carbonyl (C=O) groups is 2. The van der Waals surface area contributed by atoms with Crippen LogP contribution in [0.2, 0.25) is 10.0 Å². The van der Waals surface area contributed by atoms with Crippen molar-refractivity contribution in [2.75, 3.05) is 19.7 Å². The Morgan fingerprint density at radius 3 is 2.59 bits per heavy atom. The van der Waals surface area contributed by atoms with Crippen LogP contribution in [0.25, 0.3) is 0 Å². The summed E-state index contributed by atoms with van der Waals surface area (Å²) in [7, 11) is 0. The minimum absolute atomic E-state index is 0.0330. The van der Waals surface area contributed by atoms with Crippen LogP contribution in [-0.4, -0.2) is 36.8 Å². The number of rotatable bonds is 9. The fraction of sp³-hybridized carbons (Fsp3) is 0.429. The molecule has 2 amide bonds. The van der Waals surface area contributed by atoms with E-state index in [0.717, 1.165) is 5.56 Å². The zero-order chi connectivity index (χ0) is 16.4. The number of urea groups is 1. The molecule has 0 bridgehead atoms. The molecule has 0 saturated carbocycles. The molecule has 0 saturated heterocycles. The number of carboxylic acid groups (broad SMARTS) is 1. The standard InChI is InChI=1S/C14H18Cl2N2O4/c15-11-4-3-10(12(16)8-11)9-22-7-6-18-14(21)17-5-1-2-13(19)20/h3-4,8H,1-2,5-7,9H2,(H,19,20)(H2,17,18,21). The lowest BCUT2D eigenvalue weighted by atomic mass is 10.2. The number of benzene rings is 1. The number of hydrogen-bond donors (Lipinski definition) is 3. The van der Waals surface area contributed by atoms with Crippen molar-refractivity contribution in [1.29, 1.82) is 0 Å². The zero-order valence-electron chi connectivity index (χ0n) is 11.9. The number of carboxylic acids is 1. The van der Waals surface area contributed by atoms with Gasteiger partial charge >= 0.3 is 12.0 Å². The van der Waals surface area contributed by atoms with E-state index < -0.39 is 5.97 Å². The molecule has 0 aliphatic rings. The Hall–Kier alpha value is -1.50. The Bertz CT molecular complexity index is 512. The second kappa shape index (κ2) is 10.3. The maximum Gasteiger partial charge on any atom is 0.314 e. The van der Waals surface area contributed by atoms with Gasteiger partial charge in [0.2, 0.25) is 0 Å². The number of aliphatic carboxylic acids is 1. The fourth-order valence-electron chi connectivity index (χ4n) is 1.56. The lowest BCUT2D eigenvalue weighted by molar-refractivity contribution is -0.137. The van der Waals surface area contributed by atoms with Gasteiger partial charge in [0.05, 0.1) is 13.2 Å². The third kappa shape index (κ3) is 8.07. The number of amides is 2. The van der Waals surface area contributed by atoms with E-state index in [0.29, 0.717) is 42.8 Å². The molecule has 122 valence electrons. The largest absolute Gasteiger partial charge is 0.481 e. The highest BCUT2D eigenvalue weighted by Crippen LogP contribution is 2.21. The second-order valence-corrected chi connectivity index (χ2v) is 5.31. The van der Waals surface area contributed by atoms with E-state index in [-0.39, 0.29) is 12.5 Å². The first-order valence-electron chi connectivity index (χ1n) is 6.74. The lowest BCUT2D eigenvalue weighted by Gasteiger charge is -2.09. The van der Waals surface area contributed by atoms with Crippen LogP contribution in [-0.2, 0) is 16.1 Å². The van der Waals surface area contributed by atoms with Crippen molar-refractivity contribution in [2.24, 2.45) is 0 Å². The van der Waals surface area contributed by atoms with Crippen LogP contribution in [0.3, 0.4) is 0 Å². The molecule has 1 aromatic carbocycles. The van der Waals surface area contributed by atoms with E-state index in [4.69, 9.17) is 33.0 Å². The summed E-state index contributed by atoms with van der Waals surface area (Å²) < 4.78 is 5.40. The predicted octanol–water partition coefficient (Wildman–Crippen LogP) is 2.67. The van der Waals surface area contributed by atoms with E-state index in [1.54, 1.807) is 18.2 Å². The van der Waals surface area contributed by atoms with Crippen LogP contribution in [0.1, 0.15) is 18.4 Å². The van der Waals surface area contributed by atoms with Crippen molar-refractivity contribution in [2.45, 2.75) is 19.4 Å². The Labute approximate surface area is 138 Å². The Morgan fingerprint density at radius 2 is 1.91 bits per heavy atom. The van der Waals surface area contributed by atoms with Crippen molar-refractivity contribution in [3.05, 3.63) is 33.8 Å². The molecule has 1 rings (SSSR count). The topological polar surface area (TPSA) is 87.7 Å². The molecular formula is C14H18Cl2N2O4. The van der Waals surface area contributed by atoms with Crippen LogP contribution in [0.15, 0.2) is 18.2 Å². The van der Waals surface area contributed by atoms with Crippen LogP contribution in [0, 0.1) is 0 Å². The molecule has 22 heavy (non-hydrogen) atoms. The second-order valence-electron chi connectivity index (χ2n) is 4.47. The zero-order valence-corrected chi connectivity index (χ0v) is 13.4. The minimum Gasteiger partial charge on any atom is -0.481 e. The maximum absolute atomic E-state index is 11.4. The highest BCUT2D eigenvalue weighted by molar-refractivity contribution is 6.35. The molecule has 0 radical (unpaired) electrons. The average Bonchev–Trinajstić information content (AvgIpc) is 2.45. The van der Waals surface area contributed by atoms with Gasteiger partial charge in [0.1, 0.15) is 0 Å². The molecule has 0 unspecified atom stereocenters. The first kappa shape index (κ1) is 18.5. The van der Waals surface area contributed by atoms with E-state index in [1.807, 2.05) is 0 Å². The number of carbonyl (C=O) groups excluding carboxylic acids is 1. The summed E-state index contributed by atoms with van der Waals surface area (Å²) in [6.07, 6.45) is 0.430. The first-order chi connectivity index (χ1) is 10.5. The Balaban J connectivity index is 2.07. The molecule has 0 aromatic heterocycles. The molecular weight excluding hydrogens is 331 g/mol. The van der Waals surface area contributed by atoms with Crippen molar-refractivity contribution < 1.29 is 19.4 Å². The fourth-order valence-corrected chi connectivity index (χ4v) is 2.02. The minimum atomic E-state index is -0.878. The number of nitrogens with one attached hydrogen (secondary N) is 2. The molecule has 0 atom stereocenters. The van der Waals surface area contributed by atoms with Gasteiger partial charge in [-0.05, 0) is 24.1 Å². The van der Waals surface area contributed by atoms with Crippen molar-refractivity contribution >= 4 is 35.2 Å². The summed E-state index contributed by atoms with van der Waals surface area (Å²) in [5.41, 5.74) is 0.823. The maximum atomic E-state index is 11.4. The van der Waals surface area contributed by atoms with Gasteiger partial charge in [0.15, 0.2) is 0 Å². The Kier molecular flexibility index (Phi) is 8.65. The normalized spacial score (nSPS) is 10.3. The number of hydrogen-bond acceptors (Lipinski definition) is 3. The highest BCUT2D eigenvalue weighted by Gasteiger charge is 2.03. The van der Waals surface area contributed by atoms with Gasteiger partial charge in [-0.15, -0.1) is 0 Å². The quantitative estimate of drug-likeness (QED) is 0.598. The average molecular weight is 349 g/mol. The van der Waals surface area contributed by atoms with E-state index in [2.05, 4.69) is 10.6 Å². The van der Waals surface area contributed by atoms with Crippen molar-refractivity contribution in [3.63, 3.8) is 0 Å². The van der Waals surface area contributed by atoms with Gasteiger partial charge < -0.3 is 20.5 Å². The van der Waals surface area contributed by atoms with Crippen LogP contribution >= 0.6 is 23.2 Å². The van der Waals surface area contributed by atoms with Gasteiger partial charge in [0.25, 0.3) is 0 Å². The monoisotopic (exact) mass is 348 g/mol. The SMILES string of the molecule is O=C(O)CCCNC(=O)NCCOCc1ccc(Cl)cc1Cl. The molecule has 0 aliphatic heterocycles. The lowest BCUT2D eigenvalue weighted by Crippen LogP contribution is -2.37. The summed E-state index contributed by atoms with van der Waals surface area (Å²) in [6.45, 7) is 1.33. The molecule has 1 aromatic rings. The number of ether oxygens (including phenoxy) is 1. The number of halogens is 2. The van der Waals surface area contributed by atoms with Crippen LogP contribution in [0.4, 0.5) is 4.79 Å². The molecule has 0 spiro atoms. The van der Waals surface area contributed by atoms with E-state index in [9.17, 15) is 9.59 Å². The predicted molar refractivity (Wildman–Crippen MR) is 84.4 cm³/mol. The highest BCUT2D eigenvalue weighted by atomic mass is 35.5. The van der Waals surface area contributed by atoms with Gasteiger partial charge in [0, 0.05) is 29.6 Å². The van der Waals surface area contributed by atoms with Gasteiger partial charge in [-0.25, -0.2) is 4.79 Å².